The fourth-order valence-electron chi connectivity index (χ4n) is 2.51. The molecule has 0 radical (unpaired) electrons. The second kappa shape index (κ2) is 7.78. The molecular formula is C17H27NO3. The van der Waals surface area contributed by atoms with E-state index in [4.69, 9.17) is 9.47 Å². The van der Waals surface area contributed by atoms with Crippen LogP contribution in [0, 0.1) is 0 Å². The average molecular weight is 293 g/mol. The molecule has 1 saturated heterocycles. The van der Waals surface area contributed by atoms with Crippen molar-refractivity contribution in [2.24, 2.45) is 0 Å². The van der Waals surface area contributed by atoms with Gasteiger partial charge in [-0.25, -0.2) is 0 Å². The second-order valence-electron chi connectivity index (χ2n) is 6.06. The van der Waals surface area contributed by atoms with Crippen molar-refractivity contribution in [1.82, 2.24) is 5.32 Å². The Balaban J connectivity index is 1.70. The molecule has 2 unspecified atom stereocenters. The summed E-state index contributed by atoms with van der Waals surface area (Å²) in [6.45, 7) is 6.64. The van der Waals surface area contributed by atoms with Crippen LogP contribution in [-0.4, -0.2) is 43.1 Å². The van der Waals surface area contributed by atoms with Crippen molar-refractivity contribution in [3.8, 4) is 5.75 Å². The summed E-state index contributed by atoms with van der Waals surface area (Å²) < 4.78 is 11.1. The summed E-state index contributed by atoms with van der Waals surface area (Å²) in [6, 6.07) is 8.02. The van der Waals surface area contributed by atoms with Crippen molar-refractivity contribution in [3.63, 3.8) is 0 Å². The van der Waals surface area contributed by atoms with Crippen LogP contribution in [0.1, 0.15) is 32.3 Å². The van der Waals surface area contributed by atoms with Gasteiger partial charge in [-0.3, -0.25) is 0 Å². The van der Waals surface area contributed by atoms with Gasteiger partial charge in [-0.1, -0.05) is 19.1 Å². The lowest BCUT2D eigenvalue weighted by Gasteiger charge is -2.35. The Kier molecular flexibility index (Phi) is 6.03. The Labute approximate surface area is 127 Å². The van der Waals surface area contributed by atoms with E-state index in [-0.39, 0.29) is 5.54 Å². The predicted octanol–water partition coefficient (Wildman–Crippen LogP) is 2.15. The maximum Gasteiger partial charge on any atom is 0.119 e. The summed E-state index contributed by atoms with van der Waals surface area (Å²) in [5.74, 6) is 0.804. The minimum absolute atomic E-state index is 0.0258. The van der Waals surface area contributed by atoms with Gasteiger partial charge in [0.1, 0.15) is 18.5 Å². The van der Waals surface area contributed by atoms with Crippen molar-refractivity contribution < 1.29 is 14.6 Å². The van der Waals surface area contributed by atoms with Gasteiger partial charge in [0.05, 0.1) is 6.61 Å². The molecule has 1 aliphatic rings. The molecule has 0 aromatic heterocycles. The van der Waals surface area contributed by atoms with Crippen LogP contribution in [-0.2, 0) is 11.2 Å². The minimum Gasteiger partial charge on any atom is -0.491 e. The molecule has 2 atom stereocenters. The Morgan fingerprint density at radius 1 is 1.38 bits per heavy atom. The fraction of sp³-hybridized carbons (Fsp3) is 0.647. The number of nitrogens with one attached hydrogen (secondary N) is 1. The molecule has 0 bridgehead atoms. The van der Waals surface area contributed by atoms with Gasteiger partial charge in [0, 0.05) is 18.7 Å². The number of benzene rings is 1. The zero-order chi connectivity index (χ0) is 15.1. The van der Waals surface area contributed by atoms with Crippen molar-refractivity contribution >= 4 is 0 Å². The SMILES string of the molecule is CCc1ccc(OCC(O)CNC2(C)CCCOC2)cc1. The molecule has 2 rings (SSSR count). The summed E-state index contributed by atoms with van der Waals surface area (Å²) in [7, 11) is 0. The van der Waals surface area contributed by atoms with Crippen LogP contribution in [0.15, 0.2) is 24.3 Å². The zero-order valence-corrected chi connectivity index (χ0v) is 13.1. The molecule has 4 heteroatoms. The number of aryl methyl sites for hydroxylation is 1. The van der Waals surface area contributed by atoms with E-state index in [1.54, 1.807) is 0 Å². The summed E-state index contributed by atoms with van der Waals surface area (Å²) in [6.07, 6.45) is 2.65. The lowest BCUT2D eigenvalue weighted by molar-refractivity contribution is 0.0184. The Hall–Kier alpha value is -1.10. The minimum atomic E-state index is -0.519. The molecule has 0 spiro atoms. The molecule has 1 heterocycles. The largest absolute Gasteiger partial charge is 0.491 e. The molecule has 0 saturated carbocycles. The highest BCUT2D eigenvalue weighted by Crippen LogP contribution is 2.18. The quantitative estimate of drug-likeness (QED) is 0.809. The van der Waals surface area contributed by atoms with Crippen LogP contribution in [0.2, 0.25) is 0 Å². The van der Waals surface area contributed by atoms with E-state index < -0.39 is 6.10 Å². The first-order valence-electron chi connectivity index (χ1n) is 7.84. The highest BCUT2D eigenvalue weighted by atomic mass is 16.5. The van der Waals surface area contributed by atoms with Gasteiger partial charge in [0.2, 0.25) is 0 Å². The number of aliphatic hydroxyl groups excluding tert-OH is 1. The first-order chi connectivity index (χ1) is 10.1. The number of rotatable bonds is 7. The Bertz CT molecular complexity index is 413. The smallest absolute Gasteiger partial charge is 0.119 e. The Morgan fingerprint density at radius 2 is 2.14 bits per heavy atom. The lowest BCUT2D eigenvalue weighted by Crippen LogP contribution is -2.51. The summed E-state index contributed by atoms with van der Waals surface area (Å²) in [4.78, 5) is 0. The summed E-state index contributed by atoms with van der Waals surface area (Å²) in [5, 5.41) is 13.4. The molecule has 1 aliphatic heterocycles. The van der Waals surface area contributed by atoms with E-state index in [1.807, 2.05) is 12.1 Å². The second-order valence-corrected chi connectivity index (χ2v) is 6.06. The number of ether oxygens (including phenoxy) is 2. The van der Waals surface area contributed by atoms with Crippen LogP contribution in [0.3, 0.4) is 0 Å². The highest BCUT2D eigenvalue weighted by molar-refractivity contribution is 5.27. The topological polar surface area (TPSA) is 50.7 Å². The monoisotopic (exact) mass is 293 g/mol. The molecule has 4 nitrogen and oxygen atoms in total. The third-order valence-corrected chi connectivity index (χ3v) is 3.98. The van der Waals surface area contributed by atoms with Gasteiger partial charge < -0.3 is 19.9 Å². The van der Waals surface area contributed by atoms with E-state index >= 15 is 0 Å². The van der Waals surface area contributed by atoms with Gasteiger partial charge >= 0.3 is 0 Å². The normalized spacial score (nSPS) is 23.8. The lowest BCUT2D eigenvalue weighted by atomic mass is 9.95. The molecule has 1 aromatic rings. The van der Waals surface area contributed by atoms with Gasteiger partial charge in [-0.2, -0.15) is 0 Å². The summed E-state index contributed by atoms with van der Waals surface area (Å²) >= 11 is 0. The zero-order valence-electron chi connectivity index (χ0n) is 13.1. The van der Waals surface area contributed by atoms with E-state index in [1.165, 1.54) is 5.56 Å². The van der Waals surface area contributed by atoms with Crippen molar-refractivity contribution in [3.05, 3.63) is 29.8 Å². The van der Waals surface area contributed by atoms with E-state index in [0.717, 1.165) is 31.6 Å². The maximum atomic E-state index is 10.0. The van der Waals surface area contributed by atoms with Gasteiger partial charge in [-0.05, 0) is 43.9 Å². The first-order valence-corrected chi connectivity index (χ1v) is 7.84. The molecule has 2 N–H and O–H groups in total. The van der Waals surface area contributed by atoms with E-state index in [0.29, 0.717) is 19.8 Å². The molecule has 0 amide bonds. The van der Waals surface area contributed by atoms with Crippen molar-refractivity contribution in [2.75, 3.05) is 26.4 Å². The van der Waals surface area contributed by atoms with Gasteiger partial charge in [0.25, 0.3) is 0 Å². The molecule has 0 aliphatic carbocycles. The standard InChI is InChI=1S/C17H27NO3/c1-3-14-5-7-16(8-6-14)21-12-15(19)11-18-17(2)9-4-10-20-13-17/h5-8,15,18-19H,3-4,9-13H2,1-2H3. The van der Waals surface area contributed by atoms with E-state index in [2.05, 4.69) is 31.3 Å². The number of hydrogen-bond acceptors (Lipinski definition) is 4. The van der Waals surface area contributed by atoms with Gasteiger partial charge in [0.15, 0.2) is 0 Å². The maximum absolute atomic E-state index is 10.0. The number of hydrogen-bond donors (Lipinski definition) is 2. The molecule has 21 heavy (non-hydrogen) atoms. The Morgan fingerprint density at radius 3 is 2.76 bits per heavy atom. The van der Waals surface area contributed by atoms with Crippen LogP contribution >= 0.6 is 0 Å². The van der Waals surface area contributed by atoms with E-state index in [9.17, 15) is 5.11 Å². The molecular weight excluding hydrogens is 266 g/mol. The molecule has 118 valence electrons. The average Bonchev–Trinajstić information content (AvgIpc) is 2.52. The van der Waals surface area contributed by atoms with Crippen molar-refractivity contribution in [2.45, 2.75) is 44.8 Å². The number of aliphatic hydroxyl groups is 1. The fourth-order valence-corrected chi connectivity index (χ4v) is 2.51. The van der Waals surface area contributed by atoms with Crippen molar-refractivity contribution in [1.29, 1.82) is 0 Å². The van der Waals surface area contributed by atoms with Crippen LogP contribution in [0.25, 0.3) is 0 Å². The highest BCUT2D eigenvalue weighted by Gasteiger charge is 2.27. The van der Waals surface area contributed by atoms with Crippen LogP contribution in [0.4, 0.5) is 0 Å². The third kappa shape index (κ3) is 5.30. The van der Waals surface area contributed by atoms with Crippen LogP contribution in [0.5, 0.6) is 5.75 Å². The predicted molar refractivity (Wildman–Crippen MR) is 83.8 cm³/mol. The number of β-amino-alcohol motifs (C(OH)–C–C–N with tert-alkyl or cyclic N) is 1. The molecule has 1 aromatic carbocycles. The first kappa shape index (κ1) is 16.3. The van der Waals surface area contributed by atoms with Gasteiger partial charge in [-0.15, -0.1) is 0 Å². The third-order valence-electron chi connectivity index (χ3n) is 3.98. The van der Waals surface area contributed by atoms with Crippen LogP contribution < -0.4 is 10.1 Å². The molecule has 1 fully saturated rings. The summed E-state index contributed by atoms with van der Waals surface area (Å²) in [5.41, 5.74) is 1.26.